The van der Waals surface area contributed by atoms with Crippen LogP contribution in [0.1, 0.15) is 38.3 Å². The minimum atomic E-state index is -2.52. The molecule has 1 aromatic rings. The molecule has 0 bridgehead atoms. The van der Waals surface area contributed by atoms with E-state index in [1.807, 2.05) is 13.8 Å². The van der Waals surface area contributed by atoms with Gasteiger partial charge in [-0.05, 0) is 24.1 Å². The van der Waals surface area contributed by atoms with E-state index in [9.17, 15) is 13.2 Å². The first-order chi connectivity index (χ1) is 6.65. The van der Waals surface area contributed by atoms with Crippen molar-refractivity contribution in [3.05, 3.63) is 35.1 Å². The molecule has 0 heterocycles. The maximum Gasteiger partial charge on any atom is 0.263 e. The molecule has 0 aliphatic heterocycles. The normalized spacial score (nSPS) is 9.64. The lowest BCUT2D eigenvalue weighted by molar-refractivity contribution is 0.151. The molecule has 0 saturated heterocycles. The number of rotatable bonds is 2. The Hall–Kier alpha value is -0.990. The highest BCUT2D eigenvalue weighted by Crippen LogP contribution is 2.21. The first-order valence-electron chi connectivity index (χ1n) is 4.71. The molecule has 80 valence electrons. The summed E-state index contributed by atoms with van der Waals surface area (Å²) in [4.78, 5) is 0. The van der Waals surface area contributed by atoms with Crippen LogP contribution in [0.15, 0.2) is 18.2 Å². The maximum atomic E-state index is 12.8. The lowest BCUT2D eigenvalue weighted by atomic mass is 10.1. The molecule has 0 nitrogen and oxygen atoms in total. The fourth-order valence-corrected chi connectivity index (χ4v) is 1.00. The van der Waals surface area contributed by atoms with Gasteiger partial charge in [0.2, 0.25) is 0 Å². The van der Waals surface area contributed by atoms with Gasteiger partial charge in [-0.3, -0.25) is 0 Å². The number of aryl methyl sites for hydroxylation is 1. The van der Waals surface area contributed by atoms with Crippen LogP contribution in [0.25, 0.3) is 0 Å². The molecule has 0 aliphatic rings. The smallest absolute Gasteiger partial charge is 0.207 e. The summed E-state index contributed by atoms with van der Waals surface area (Å²) in [5.74, 6) is -0.415. The van der Waals surface area contributed by atoms with Crippen molar-refractivity contribution >= 4 is 0 Å². The minimum Gasteiger partial charge on any atom is -0.207 e. The molecule has 0 atom stereocenters. The zero-order valence-corrected chi connectivity index (χ0v) is 8.65. The van der Waals surface area contributed by atoms with Crippen LogP contribution in [0.2, 0.25) is 0 Å². The van der Waals surface area contributed by atoms with Gasteiger partial charge in [-0.25, -0.2) is 13.2 Å². The summed E-state index contributed by atoms with van der Waals surface area (Å²) < 4.78 is 37.0. The van der Waals surface area contributed by atoms with Crippen molar-refractivity contribution in [1.82, 2.24) is 0 Å². The number of hydrogen-bond donors (Lipinski definition) is 0. The van der Waals surface area contributed by atoms with Crippen LogP contribution >= 0.6 is 0 Å². The van der Waals surface area contributed by atoms with Gasteiger partial charge >= 0.3 is 0 Å². The largest absolute Gasteiger partial charge is 0.263 e. The third-order valence-corrected chi connectivity index (χ3v) is 1.70. The SMILES string of the molecule is CC.CCc1cc(C(F)F)ccc1F. The van der Waals surface area contributed by atoms with E-state index < -0.39 is 12.2 Å². The van der Waals surface area contributed by atoms with E-state index in [1.165, 1.54) is 6.07 Å². The van der Waals surface area contributed by atoms with Crippen LogP contribution < -0.4 is 0 Å². The lowest BCUT2D eigenvalue weighted by Crippen LogP contribution is -1.91. The summed E-state index contributed by atoms with van der Waals surface area (Å²) in [7, 11) is 0. The van der Waals surface area contributed by atoms with Crippen LogP contribution in [0, 0.1) is 5.82 Å². The Balaban J connectivity index is 0.000000791. The van der Waals surface area contributed by atoms with Crippen molar-refractivity contribution in [2.75, 3.05) is 0 Å². The van der Waals surface area contributed by atoms with Crippen LogP contribution in [-0.4, -0.2) is 0 Å². The van der Waals surface area contributed by atoms with Gasteiger partial charge in [-0.2, -0.15) is 0 Å². The van der Waals surface area contributed by atoms with Crippen molar-refractivity contribution in [1.29, 1.82) is 0 Å². The molecular formula is C11H15F3. The van der Waals surface area contributed by atoms with E-state index in [2.05, 4.69) is 0 Å². The van der Waals surface area contributed by atoms with Crippen LogP contribution in [-0.2, 0) is 6.42 Å². The van der Waals surface area contributed by atoms with Crippen LogP contribution in [0.4, 0.5) is 13.2 Å². The van der Waals surface area contributed by atoms with Gasteiger partial charge < -0.3 is 0 Å². The molecule has 0 N–H and O–H groups in total. The topological polar surface area (TPSA) is 0 Å². The van der Waals surface area contributed by atoms with Crippen molar-refractivity contribution in [3.63, 3.8) is 0 Å². The van der Waals surface area contributed by atoms with Gasteiger partial charge in [0.05, 0.1) is 0 Å². The van der Waals surface area contributed by atoms with Crippen molar-refractivity contribution in [3.8, 4) is 0 Å². The number of halogens is 3. The molecule has 0 fully saturated rings. The Kier molecular flexibility index (Phi) is 6.00. The third kappa shape index (κ3) is 3.40. The molecule has 0 unspecified atom stereocenters. The Morgan fingerprint density at radius 3 is 2.21 bits per heavy atom. The fourth-order valence-electron chi connectivity index (χ4n) is 1.00. The van der Waals surface area contributed by atoms with E-state index in [-0.39, 0.29) is 5.56 Å². The molecule has 14 heavy (non-hydrogen) atoms. The molecule has 0 aromatic heterocycles. The average molecular weight is 204 g/mol. The summed E-state index contributed by atoms with van der Waals surface area (Å²) in [5.41, 5.74) is 0.223. The molecule has 0 saturated carbocycles. The highest BCUT2D eigenvalue weighted by Gasteiger charge is 2.09. The third-order valence-electron chi connectivity index (χ3n) is 1.70. The minimum absolute atomic E-state index is 0.117. The average Bonchev–Trinajstić information content (AvgIpc) is 2.21. The van der Waals surface area contributed by atoms with E-state index in [1.54, 1.807) is 6.92 Å². The van der Waals surface area contributed by atoms with Gasteiger partial charge in [0, 0.05) is 5.56 Å². The summed E-state index contributed by atoms with van der Waals surface area (Å²) >= 11 is 0. The standard InChI is InChI=1S/C9H9F3.C2H6/c1-2-6-5-7(9(11)12)3-4-8(6)10;1-2/h3-5,9H,2H2,1H3;1-2H3. The van der Waals surface area contributed by atoms with E-state index in [0.717, 1.165) is 12.1 Å². The molecule has 0 spiro atoms. The Morgan fingerprint density at radius 2 is 1.79 bits per heavy atom. The number of benzene rings is 1. The maximum absolute atomic E-state index is 12.8. The Bertz CT molecular complexity index is 269. The van der Waals surface area contributed by atoms with E-state index >= 15 is 0 Å². The highest BCUT2D eigenvalue weighted by molar-refractivity contribution is 5.25. The molecule has 3 heteroatoms. The highest BCUT2D eigenvalue weighted by atomic mass is 19.3. The van der Waals surface area contributed by atoms with Gasteiger partial charge in [0.15, 0.2) is 0 Å². The lowest BCUT2D eigenvalue weighted by Gasteiger charge is -2.03. The molecule has 0 radical (unpaired) electrons. The van der Waals surface area contributed by atoms with E-state index in [4.69, 9.17) is 0 Å². The zero-order valence-electron chi connectivity index (χ0n) is 8.65. The Labute approximate surface area is 82.8 Å². The van der Waals surface area contributed by atoms with Crippen LogP contribution in [0.3, 0.4) is 0 Å². The summed E-state index contributed by atoms with van der Waals surface area (Å²) in [6, 6.07) is 3.40. The number of alkyl halides is 2. The van der Waals surface area contributed by atoms with Crippen LogP contribution in [0.5, 0.6) is 0 Å². The Morgan fingerprint density at radius 1 is 1.21 bits per heavy atom. The molecular weight excluding hydrogens is 189 g/mol. The monoisotopic (exact) mass is 204 g/mol. The zero-order chi connectivity index (χ0) is 11.1. The summed E-state index contributed by atoms with van der Waals surface area (Å²) in [5, 5.41) is 0. The van der Waals surface area contributed by atoms with Gasteiger partial charge in [0.25, 0.3) is 6.43 Å². The quantitative estimate of drug-likeness (QED) is 0.671. The molecule has 0 amide bonds. The second kappa shape index (κ2) is 6.46. The summed E-state index contributed by atoms with van der Waals surface area (Å²) in [6.07, 6.45) is -2.08. The first kappa shape index (κ1) is 13.0. The van der Waals surface area contributed by atoms with Crippen molar-refractivity contribution < 1.29 is 13.2 Å². The van der Waals surface area contributed by atoms with Gasteiger partial charge in [-0.15, -0.1) is 0 Å². The molecule has 1 rings (SSSR count). The molecule has 0 aliphatic carbocycles. The van der Waals surface area contributed by atoms with E-state index in [0.29, 0.717) is 12.0 Å². The predicted octanol–water partition coefficient (Wildman–Crippen LogP) is 4.35. The fraction of sp³-hybridized carbons (Fsp3) is 0.455. The van der Waals surface area contributed by atoms with Gasteiger partial charge in [-0.1, -0.05) is 26.8 Å². The second-order valence-corrected chi connectivity index (χ2v) is 2.51. The predicted molar refractivity (Wildman–Crippen MR) is 52.1 cm³/mol. The molecule has 1 aromatic carbocycles. The first-order valence-corrected chi connectivity index (χ1v) is 4.71. The summed E-state index contributed by atoms with van der Waals surface area (Å²) in [6.45, 7) is 5.73. The number of hydrogen-bond acceptors (Lipinski definition) is 0. The van der Waals surface area contributed by atoms with Crippen molar-refractivity contribution in [2.45, 2.75) is 33.6 Å². The van der Waals surface area contributed by atoms with Crippen molar-refractivity contribution in [2.24, 2.45) is 0 Å². The van der Waals surface area contributed by atoms with Gasteiger partial charge in [0.1, 0.15) is 5.82 Å². The second-order valence-electron chi connectivity index (χ2n) is 2.51.